The fourth-order valence-corrected chi connectivity index (χ4v) is 3.37. The number of hydrogen-bond acceptors (Lipinski definition) is 10. The summed E-state index contributed by atoms with van der Waals surface area (Å²) in [5.74, 6) is -1.46. The number of nitrogens with zero attached hydrogens (tertiary/aromatic N) is 5. The zero-order valence-corrected chi connectivity index (χ0v) is 18.3. The average Bonchev–Trinajstić information content (AvgIpc) is 3.34. The van der Waals surface area contributed by atoms with Crippen molar-refractivity contribution >= 4 is 35.7 Å². The standard InChI is InChI=1S/C20H24F2N8O3/c1-24-18-11(8-23)13(33-14-9-32-10-20(14,21)22)7-15(27-18)26-16-6-12(29-30(16)2)19-25-5-4-17(28-19)31-3/h5-8,14,17,23H,4,9-10H2,1-3H3,(H2,24,26,27). The van der Waals surface area contributed by atoms with Gasteiger partial charge in [0.25, 0.3) is 0 Å². The SMILES string of the molecule is CNc1nc(Nc2cc(C3=NC(OC)CC=N3)nn2C)cc(OC2COCC2(F)F)c1C=N. The third kappa shape index (κ3) is 4.68. The third-order valence-corrected chi connectivity index (χ3v) is 5.13. The largest absolute Gasteiger partial charge is 0.481 e. The Bertz CT molecular complexity index is 1100. The Hall–Kier alpha value is -3.45. The zero-order chi connectivity index (χ0) is 23.6. The third-order valence-electron chi connectivity index (χ3n) is 5.13. The van der Waals surface area contributed by atoms with Gasteiger partial charge in [-0.15, -0.1) is 0 Å². The fraction of sp³-hybridized carbons (Fsp3) is 0.450. The first kappa shape index (κ1) is 22.7. The number of methoxy groups -OCH3 is 1. The maximum Gasteiger partial charge on any atom is 0.309 e. The lowest BCUT2D eigenvalue weighted by molar-refractivity contribution is -0.0658. The summed E-state index contributed by atoms with van der Waals surface area (Å²) in [6.45, 7) is -0.957. The molecule has 0 bridgehead atoms. The molecule has 1 fully saturated rings. The molecule has 2 atom stereocenters. The average molecular weight is 462 g/mol. The molecule has 0 radical (unpaired) electrons. The van der Waals surface area contributed by atoms with Gasteiger partial charge in [-0.2, -0.15) is 13.9 Å². The van der Waals surface area contributed by atoms with Crippen molar-refractivity contribution in [2.24, 2.45) is 17.0 Å². The van der Waals surface area contributed by atoms with Gasteiger partial charge >= 0.3 is 5.92 Å². The van der Waals surface area contributed by atoms with E-state index in [1.807, 2.05) is 0 Å². The van der Waals surface area contributed by atoms with Crippen LogP contribution >= 0.6 is 0 Å². The van der Waals surface area contributed by atoms with E-state index in [9.17, 15) is 8.78 Å². The van der Waals surface area contributed by atoms with Crippen LogP contribution in [0.4, 0.5) is 26.2 Å². The van der Waals surface area contributed by atoms with Gasteiger partial charge < -0.3 is 30.3 Å². The van der Waals surface area contributed by atoms with Crippen molar-refractivity contribution < 1.29 is 23.0 Å². The summed E-state index contributed by atoms with van der Waals surface area (Å²) in [5, 5.41) is 18.1. The van der Waals surface area contributed by atoms with Gasteiger partial charge in [-0.3, -0.25) is 4.68 Å². The van der Waals surface area contributed by atoms with E-state index in [1.165, 1.54) is 6.07 Å². The molecular formula is C20H24F2N8O3. The smallest absolute Gasteiger partial charge is 0.309 e. The van der Waals surface area contributed by atoms with E-state index < -0.39 is 18.6 Å². The number of alkyl halides is 2. The van der Waals surface area contributed by atoms with Crippen LogP contribution in [0.25, 0.3) is 0 Å². The zero-order valence-electron chi connectivity index (χ0n) is 18.3. The van der Waals surface area contributed by atoms with Crippen LogP contribution in [-0.4, -0.2) is 78.7 Å². The van der Waals surface area contributed by atoms with E-state index in [1.54, 1.807) is 38.2 Å². The lowest BCUT2D eigenvalue weighted by atomic mass is 10.2. The predicted molar refractivity (Wildman–Crippen MR) is 119 cm³/mol. The molecule has 4 rings (SSSR count). The molecule has 13 heteroatoms. The van der Waals surface area contributed by atoms with Crippen LogP contribution in [-0.2, 0) is 16.5 Å². The van der Waals surface area contributed by atoms with Gasteiger partial charge in [-0.1, -0.05) is 0 Å². The topological polar surface area (TPSA) is 131 Å². The second kappa shape index (κ2) is 9.19. The normalized spacial score (nSPS) is 21.5. The van der Waals surface area contributed by atoms with E-state index in [0.717, 1.165) is 6.21 Å². The highest BCUT2D eigenvalue weighted by molar-refractivity contribution is 6.03. The number of hydrogen-bond donors (Lipinski definition) is 3. The van der Waals surface area contributed by atoms with Gasteiger partial charge in [0.05, 0.1) is 12.2 Å². The van der Waals surface area contributed by atoms with Crippen molar-refractivity contribution in [2.45, 2.75) is 24.7 Å². The molecule has 33 heavy (non-hydrogen) atoms. The van der Waals surface area contributed by atoms with Crippen molar-refractivity contribution in [3.05, 3.63) is 23.4 Å². The molecule has 11 nitrogen and oxygen atoms in total. The first-order chi connectivity index (χ1) is 15.8. The highest BCUT2D eigenvalue weighted by atomic mass is 19.3. The molecule has 2 aromatic rings. The van der Waals surface area contributed by atoms with Gasteiger partial charge in [-0.05, 0) is 0 Å². The van der Waals surface area contributed by atoms with Crippen LogP contribution in [0.1, 0.15) is 17.7 Å². The second-order valence-electron chi connectivity index (χ2n) is 7.40. The quantitative estimate of drug-likeness (QED) is 0.513. The molecule has 0 aromatic carbocycles. The minimum atomic E-state index is -3.13. The fourth-order valence-electron chi connectivity index (χ4n) is 3.37. The number of aliphatic imine (C=N–C) groups is 2. The van der Waals surface area contributed by atoms with Crippen LogP contribution in [0.15, 0.2) is 22.1 Å². The monoisotopic (exact) mass is 462 g/mol. The summed E-state index contributed by atoms with van der Waals surface area (Å²) >= 11 is 0. The molecule has 0 amide bonds. The number of aromatic nitrogens is 3. The van der Waals surface area contributed by atoms with Gasteiger partial charge in [0, 0.05) is 52.2 Å². The Morgan fingerprint density at radius 3 is 2.85 bits per heavy atom. The van der Waals surface area contributed by atoms with Crippen molar-refractivity contribution in [3.8, 4) is 5.75 Å². The van der Waals surface area contributed by atoms with E-state index in [2.05, 4.69) is 30.7 Å². The molecule has 1 saturated heterocycles. The molecule has 0 saturated carbocycles. The Morgan fingerprint density at radius 1 is 1.36 bits per heavy atom. The Labute approximate surface area is 188 Å². The molecule has 2 aromatic heterocycles. The Kier molecular flexibility index (Phi) is 6.33. The molecule has 176 valence electrons. The van der Waals surface area contributed by atoms with Gasteiger partial charge in [-0.25, -0.2) is 15.0 Å². The molecule has 4 heterocycles. The van der Waals surface area contributed by atoms with E-state index in [0.29, 0.717) is 35.4 Å². The number of aryl methyl sites for hydroxylation is 1. The molecule has 2 aliphatic heterocycles. The predicted octanol–water partition coefficient (Wildman–Crippen LogP) is 2.20. The maximum absolute atomic E-state index is 14.0. The summed E-state index contributed by atoms with van der Waals surface area (Å²) < 4.78 is 45.4. The van der Waals surface area contributed by atoms with Crippen molar-refractivity contribution in [1.82, 2.24) is 14.8 Å². The van der Waals surface area contributed by atoms with Crippen molar-refractivity contribution in [3.63, 3.8) is 0 Å². The Morgan fingerprint density at radius 2 is 2.18 bits per heavy atom. The lowest BCUT2D eigenvalue weighted by Crippen LogP contribution is -2.36. The Balaban J connectivity index is 1.63. The second-order valence-corrected chi connectivity index (χ2v) is 7.40. The highest BCUT2D eigenvalue weighted by Gasteiger charge is 2.47. The highest BCUT2D eigenvalue weighted by Crippen LogP contribution is 2.34. The number of nitrogens with one attached hydrogen (secondary N) is 3. The van der Waals surface area contributed by atoms with Gasteiger partial charge in [0.15, 0.2) is 18.2 Å². The molecule has 2 unspecified atom stereocenters. The first-order valence-corrected chi connectivity index (χ1v) is 10.1. The molecule has 0 aliphatic carbocycles. The van der Waals surface area contributed by atoms with Gasteiger partial charge in [0.2, 0.25) is 0 Å². The molecule has 0 spiro atoms. The number of ether oxygens (including phenoxy) is 3. The minimum absolute atomic E-state index is 0.0774. The summed E-state index contributed by atoms with van der Waals surface area (Å²) in [5.41, 5.74) is 0.773. The molecular weight excluding hydrogens is 438 g/mol. The van der Waals surface area contributed by atoms with E-state index in [4.69, 9.17) is 19.6 Å². The lowest BCUT2D eigenvalue weighted by Gasteiger charge is -2.21. The van der Waals surface area contributed by atoms with Crippen molar-refractivity contribution in [1.29, 1.82) is 5.41 Å². The van der Waals surface area contributed by atoms with Crippen molar-refractivity contribution in [2.75, 3.05) is 38.0 Å². The summed E-state index contributed by atoms with van der Waals surface area (Å²) in [6, 6.07) is 3.19. The summed E-state index contributed by atoms with van der Waals surface area (Å²) in [6.07, 6.45) is 1.53. The maximum atomic E-state index is 14.0. The van der Waals surface area contributed by atoms with Crippen LogP contribution in [0.3, 0.4) is 0 Å². The van der Waals surface area contributed by atoms with Crippen LogP contribution in [0, 0.1) is 5.41 Å². The number of amidine groups is 1. The molecule has 2 aliphatic rings. The number of pyridine rings is 1. The van der Waals surface area contributed by atoms with Crippen LogP contribution in [0.5, 0.6) is 5.75 Å². The van der Waals surface area contributed by atoms with E-state index in [-0.39, 0.29) is 24.1 Å². The number of anilines is 3. The minimum Gasteiger partial charge on any atom is -0.481 e. The van der Waals surface area contributed by atoms with Gasteiger partial charge in [0.1, 0.15) is 35.5 Å². The summed E-state index contributed by atoms with van der Waals surface area (Å²) in [7, 11) is 4.92. The first-order valence-electron chi connectivity index (χ1n) is 10.1. The van der Waals surface area contributed by atoms with Crippen LogP contribution < -0.4 is 15.4 Å². The molecule has 3 N–H and O–H groups in total. The number of rotatable bonds is 8. The number of halogens is 2. The summed E-state index contributed by atoms with van der Waals surface area (Å²) in [4.78, 5) is 13.1. The van der Waals surface area contributed by atoms with Crippen LogP contribution in [0.2, 0.25) is 0 Å². The van der Waals surface area contributed by atoms with E-state index >= 15 is 0 Å².